The number of hydrogen-bond donors (Lipinski definition) is 3. The number of amides is 2. The number of hydrogen-bond acceptors (Lipinski definition) is 3. The molecule has 5 nitrogen and oxygen atoms in total. The largest absolute Gasteiger partial charge is 0.386 e. The predicted octanol–water partition coefficient (Wildman–Crippen LogP) is 1.41. The van der Waals surface area contributed by atoms with Crippen molar-refractivity contribution in [2.75, 3.05) is 13.1 Å². The fourth-order valence-corrected chi connectivity index (χ4v) is 1.98. The summed E-state index contributed by atoms with van der Waals surface area (Å²) in [5.74, 6) is -1.37. The van der Waals surface area contributed by atoms with Crippen LogP contribution in [-0.4, -0.2) is 30.0 Å². The van der Waals surface area contributed by atoms with E-state index in [0.29, 0.717) is 5.56 Å². The van der Waals surface area contributed by atoms with Crippen molar-refractivity contribution < 1.29 is 19.1 Å². The number of nitrogens with one attached hydrogen (secondary N) is 2. The van der Waals surface area contributed by atoms with Crippen molar-refractivity contribution >= 4 is 11.8 Å². The molecule has 2 aromatic carbocycles. The molecule has 0 radical (unpaired) electrons. The van der Waals surface area contributed by atoms with E-state index in [1.807, 2.05) is 0 Å². The number of aliphatic hydroxyl groups excluding tert-OH is 1. The van der Waals surface area contributed by atoms with Gasteiger partial charge in [0.25, 0.3) is 5.91 Å². The fourth-order valence-electron chi connectivity index (χ4n) is 1.98. The average molecular weight is 316 g/mol. The number of carbonyl (C=O) groups excluding carboxylic acids is 2. The number of aliphatic hydroxyl groups is 1. The van der Waals surface area contributed by atoms with E-state index in [1.165, 1.54) is 18.2 Å². The second-order valence-electron chi connectivity index (χ2n) is 4.89. The summed E-state index contributed by atoms with van der Waals surface area (Å²) in [6.07, 6.45) is -1.15. The average Bonchev–Trinajstić information content (AvgIpc) is 2.58. The zero-order valence-corrected chi connectivity index (χ0v) is 12.3. The molecule has 0 aliphatic carbocycles. The third kappa shape index (κ3) is 4.89. The van der Waals surface area contributed by atoms with Gasteiger partial charge in [-0.15, -0.1) is 0 Å². The number of rotatable bonds is 6. The zero-order chi connectivity index (χ0) is 16.7. The molecule has 6 heteroatoms. The van der Waals surface area contributed by atoms with Gasteiger partial charge in [0.05, 0.1) is 12.6 Å². The van der Waals surface area contributed by atoms with E-state index in [-0.39, 0.29) is 24.6 Å². The monoisotopic (exact) mass is 316 g/mol. The van der Waals surface area contributed by atoms with E-state index < -0.39 is 17.8 Å². The topological polar surface area (TPSA) is 78.4 Å². The van der Waals surface area contributed by atoms with Crippen molar-refractivity contribution in [1.82, 2.24) is 10.6 Å². The van der Waals surface area contributed by atoms with Crippen LogP contribution in [0.4, 0.5) is 4.39 Å². The van der Waals surface area contributed by atoms with Gasteiger partial charge < -0.3 is 15.7 Å². The van der Waals surface area contributed by atoms with Crippen molar-refractivity contribution in [3.8, 4) is 0 Å². The van der Waals surface area contributed by atoms with Crippen LogP contribution in [-0.2, 0) is 4.79 Å². The van der Waals surface area contributed by atoms with Crippen LogP contribution in [0.15, 0.2) is 54.6 Å². The molecule has 0 spiro atoms. The molecule has 0 heterocycles. The molecule has 120 valence electrons. The minimum absolute atomic E-state index is 0.112. The molecule has 23 heavy (non-hydrogen) atoms. The molecule has 0 aliphatic heterocycles. The molecule has 1 atom stereocenters. The first-order valence-electron chi connectivity index (χ1n) is 7.10. The summed E-state index contributed by atoms with van der Waals surface area (Å²) in [5.41, 5.74) is 0.563. The second kappa shape index (κ2) is 8.05. The zero-order valence-electron chi connectivity index (χ0n) is 12.3. The molecule has 2 amide bonds. The Balaban J connectivity index is 1.77. The van der Waals surface area contributed by atoms with Crippen molar-refractivity contribution in [2.45, 2.75) is 6.10 Å². The van der Waals surface area contributed by atoms with Crippen LogP contribution in [0.5, 0.6) is 0 Å². The first kappa shape index (κ1) is 16.6. The molecule has 0 saturated heterocycles. The highest BCUT2D eigenvalue weighted by atomic mass is 19.1. The molecule has 0 saturated carbocycles. The number of benzene rings is 2. The van der Waals surface area contributed by atoms with E-state index >= 15 is 0 Å². The van der Waals surface area contributed by atoms with Crippen LogP contribution in [0.2, 0.25) is 0 Å². The summed E-state index contributed by atoms with van der Waals surface area (Å²) in [6.45, 7) is -0.362. The van der Waals surface area contributed by atoms with Gasteiger partial charge in [0.15, 0.2) is 0 Å². The lowest BCUT2D eigenvalue weighted by Gasteiger charge is -2.13. The minimum atomic E-state index is -1.15. The summed E-state index contributed by atoms with van der Waals surface area (Å²) in [5, 5.41) is 14.8. The van der Waals surface area contributed by atoms with E-state index in [9.17, 15) is 19.1 Å². The van der Waals surface area contributed by atoms with Crippen molar-refractivity contribution in [3.05, 3.63) is 71.5 Å². The Hall–Kier alpha value is -2.73. The summed E-state index contributed by atoms with van der Waals surface area (Å²) >= 11 is 0. The van der Waals surface area contributed by atoms with Crippen LogP contribution in [0.1, 0.15) is 22.0 Å². The van der Waals surface area contributed by atoms with E-state index in [0.717, 1.165) is 0 Å². The van der Waals surface area contributed by atoms with Crippen LogP contribution < -0.4 is 10.6 Å². The van der Waals surface area contributed by atoms with Gasteiger partial charge in [0.2, 0.25) is 5.91 Å². The van der Waals surface area contributed by atoms with Gasteiger partial charge in [-0.3, -0.25) is 9.59 Å². The molecule has 0 aromatic heterocycles. The molecule has 2 rings (SSSR count). The van der Waals surface area contributed by atoms with Gasteiger partial charge in [0.1, 0.15) is 5.82 Å². The molecular formula is C17H17FN2O3. The molecule has 2 aromatic rings. The van der Waals surface area contributed by atoms with E-state index in [4.69, 9.17) is 0 Å². The van der Waals surface area contributed by atoms with Gasteiger partial charge in [-0.1, -0.05) is 36.4 Å². The maximum Gasteiger partial charge on any atom is 0.251 e. The summed E-state index contributed by atoms with van der Waals surface area (Å²) in [7, 11) is 0. The lowest BCUT2D eigenvalue weighted by Crippen LogP contribution is -2.38. The van der Waals surface area contributed by atoms with Crippen LogP contribution in [0.3, 0.4) is 0 Å². The quantitative estimate of drug-likeness (QED) is 0.754. The minimum Gasteiger partial charge on any atom is -0.386 e. The van der Waals surface area contributed by atoms with Gasteiger partial charge in [-0.05, 0) is 18.2 Å². The van der Waals surface area contributed by atoms with Gasteiger partial charge in [-0.2, -0.15) is 0 Å². The summed E-state index contributed by atoms with van der Waals surface area (Å²) in [4.78, 5) is 23.4. The molecule has 1 unspecified atom stereocenters. The van der Waals surface area contributed by atoms with Crippen molar-refractivity contribution in [1.29, 1.82) is 0 Å². The maximum absolute atomic E-state index is 13.5. The molecular weight excluding hydrogens is 299 g/mol. The Morgan fingerprint density at radius 3 is 2.35 bits per heavy atom. The molecule has 0 fully saturated rings. The predicted molar refractivity (Wildman–Crippen MR) is 83.1 cm³/mol. The maximum atomic E-state index is 13.5. The normalized spacial score (nSPS) is 11.6. The summed E-state index contributed by atoms with van der Waals surface area (Å²) in [6, 6.07) is 14.3. The highest BCUT2D eigenvalue weighted by Crippen LogP contribution is 2.15. The highest BCUT2D eigenvalue weighted by Gasteiger charge is 2.13. The van der Waals surface area contributed by atoms with Crippen LogP contribution in [0, 0.1) is 5.82 Å². The number of carbonyl (C=O) groups is 2. The Labute approximate surface area is 133 Å². The smallest absolute Gasteiger partial charge is 0.251 e. The second-order valence-corrected chi connectivity index (χ2v) is 4.89. The lowest BCUT2D eigenvalue weighted by atomic mass is 10.1. The highest BCUT2D eigenvalue weighted by molar-refractivity contribution is 5.96. The van der Waals surface area contributed by atoms with Gasteiger partial charge in [-0.25, -0.2) is 4.39 Å². The number of halogens is 1. The van der Waals surface area contributed by atoms with Crippen molar-refractivity contribution in [3.63, 3.8) is 0 Å². The van der Waals surface area contributed by atoms with E-state index in [2.05, 4.69) is 10.6 Å². The first-order valence-corrected chi connectivity index (χ1v) is 7.10. The molecule has 0 aliphatic rings. The Morgan fingerprint density at radius 1 is 1.00 bits per heavy atom. The van der Waals surface area contributed by atoms with Crippen molar-refractivity contribution in [2.24, 2.45) is 0 Å². The Morgan fingerprint density at radius 2 is 1.65 bits per heavy atom. The van der Waals surface area contributed by atoms with Gasteiger partial charge >= 0.3 is 0 Å². The Kier molecular flexibility index (Phi) is 5.82. The summed E-state index contributed by atoms with van der Waals surface area (Å²) < 4.78 is 13.5. The molecule has 3 N–H and O–H groups in total. The van der Waals surface area contributed by atoms with Gasteiger partial charge in [0, 0.05) is 17.7 Å². The SMILES string of the molecule is O=C(CNC(=O)c1ccccc1)NCC(O)c1ccccc1F. The lowest BCUT2D eigenvalue weighted by molar-refractivity contribution is -0.120. The fraction of sp³-hybridized carbons (Fsp3) is 0.176. The Bertz CT molecular complexity index is 677. The van der Waals surface area contributed by atoms with Crippen LogP contribution in [0.25, 0.3) is 0 Å². The molecule has 0 bridgehead atoms. The van der Waals surface area contributed by atoms with E-state index in [1.54, 1.807) is 36.4 Å². The first-order chi connectivity index (χ1) is 11.1. The third-order valence-corrected chi connectivity index (χ3v) is 3.20. The van der Waals surface area contributed by atoms with Crippen LogP contribution >= 0.6 is 0 Å². The standard InChI is InChI=1S/C17H17FN2O3/c18-14-9-5-4-8-13(14)15(21)10-19-16(22)11-20-17(23)12-6-2-1-3-7-12/h1-9,15,21H,10-11H2,(H,19,22)(H,20,23). The third-order valence-electron chi connectivity index (χ3n) is 3.20.